The summed E-state index contributed by atoms with van der Waals surface area (Å²) < 4.78 is 5.48. The van der Waals surface area contributed by atoms with Gasteiger partial charge < -0.3 is 10.1 Å². The maximum atomic E-state index is 5.48. The van der Waals surface area contributed by atoms with E-state index in [1.165, 1.54) is 6.33 Å². The van der Waals surface area contributed by atoms with Crippen molar-refractivity contribution in [3.8, 4) is 5.88 Å². The predicted molar refractivity (Wildman–Crippen MR) is 76.7 cm³/mol. The molecule has 2 aromatic rings. The lowest BCUT2D eigenvalue weighted by Crippen LogP contribution is -2.08. The van der Waals surface area contributed by atoms with Crippen LogP contribution in [0.2, 0.25) is 0 Å². The van der Waals surface area contributed by atoms with E-state index in [1.807, 2.05) is 18.4 Å². The third kappa shape index (κ3) is 3.89. The molecule has 0 aromatic carbocycles. The first kappa shape index (κ1) is 13.7. The molecule has 2 rings (SSSR count). The van der Waals surface area contributed by atoms with E-state index in [4.69, 9.17) is 4.74 Å². The largest absolute Gasteiger partial charge is 0.478 e. The molecule has 19 heavy (non-hydrogen) atoms. The van der Waals surface area contributed by atoms with Crippen LogP contribution < -0.4 is 10.1 Å². The average molecular weight is 278 g/mol. The molecule has 0 aliphatic heterocycles. The molecule has 102 valence electrons. The number of rotatable bonds is 6. The van der Waals surface area contributed by atoms with Gasteiger partial charge in [-0.05, 0) is 20.3 Å². The highest BCUT2D eigenvalue weighted by atomic mass is 32.1. The van der Waals surface area contributed by atoms with Gasteiger partial charge in [0.15, 0.2) is 0 Å². The first-order chi connectivity index (χ1) is 9.19. The van der Waals surface area contributed by atoms with Gasteiger partial charge in [0.05, 0.1) is 12.6 Å². The SMILES string of the molecule is CCCOc1cc(NC(C)c2nc(C)cs2)ncn1. The third-order valence-electron chi connectivity index (χ3n) is 2.47. The van der Waals surface area contributed by atoms with Crippen molar-refractivity contribution in [2.75, 3.05) is 11.9 Å². The Morgan fingerprint density at radius 2 is 2.26 bits per heavy atom. The van der Waals surface area contributed by atoms with Gasteiger partial charge in [0.25, 0.3) is 0 Å². The maximum absolute atomic E-state index is 5.48. The topological polar surface area (TPSA) is 59.9 Å². The zero-order valence-electron chi connectivity index (χ0n) is 11.4. The van der Waals surface area contributed by atoms with Crippen LogP contribution in [0.25, 0.3) is 0 Å². The van der Waals surface area contributed by atoms with E-state index in [9.17, 15) is 0 Å². The van der Waals surface area contributed by atoms with Gasteiger partial charge in [-0.1, -0.05) is 6.92 Å². The normalized spacial score (nSPS) is 12.2. The van der Waals surface area contributed by atoms with Crippen LogP contribution in [0.15, 0.2) is 17.8 Å². The molecule has 5 nitrogen and oxygen atoms in total. The minimum atomic E-state index is 0.118. The quantitative estimate of drug-likeness (QED) is 0.879. The van der Waals surface area contributed by atoms with E-state index in [1.54, 1.807) is 11.3 Å². The Bertz CT molecular complexity index is 529. The van der Waals surface area contributed by atoms with Crippen molar-refractivity contribution in [3.05, 3.63) is 28.5 Å². The molecule has 0 fully saturated rings. The first-order valence-corrected chi connectivity index (χ1v) is 7.20. The Balaban J connectivity index is 2.02. The van der Waals surface area contributed by atoms with E-state index in [0.717, 1.165) is 22.9 Å². The van der Waals surface area contributed by atoms with Gasteiger partial charge in [-0.25, -0.2) is 15.0 Å². The van der Waals surface area contributed by atoms with Gasteiger partial charge in [-0.3, -0.25) is 0 Å². The van der Waals surface area contributed by atoms with Crippen molar-refractivity contribution in [1.29, 1.82) is 0 Å². The van der Waals surface area contributed by atoms with E-state index in [0.29, 0.717) is 12.5 Å². The number of nitrogens with zero attached hydrogens (tertiary/aromatic N) is 3. The number of ether oxygens (including phenoxy) is 1. The lowest BCUT2D eigenvalue weighted by molar-refractivity contribution is 0.305. The molecule has 0 aliphatic rings. The molecule has 0 spiro atoms. The average Bonchev–Trinajstić information content (AvgIpc) is 2.83. The van der Waals surface area contributed by atoms with Crippen LogP contribution in [0.4, 0.5) is 5.82 Å². The van der Waals surface area contributed by atoms with Gasteiger partial charge in [0, 0.05) is 17.1 Å². The van der Waals surface area contributed by atoms with Crippen LogP contribution in [-0.2, 0) is 0 Å². The van der Waals surface area contributed by atoms with Crippen molar-refractivity contribution in [1.82, 2.24) is 15.0 Å². The molecule has 6 heteroatoms. The molecule has 0 aliphatic carbocycles. The number of thiazole rings is 1. The van der Waals surface area contributed by atoms with Crippen molar-refractivity contribution >= 4 is 17.2 Å². The molecule has 0 saturated carbocycles. The molecular weight excluding hydrogens is 260 g/mol. The molecule has 0 saturated heterocycles. The number of anilines is 1. The van der Waals surface area contributed by atoms with E-state index >= 15 is 0 Å². The molecule has 0 bridgehead atoms. The Labute approximate surface area is 117 Å². The van der Waals surface area contributed by atoms with Crippen molar-refractivity contribution in [2.24, 2.45) is 0 Å². The molecule has 1 N–H and O–H groups in total. The number of aromatic nitrogens is 3. The second kappa shape index (κ2) is 6.47. The first-order valence-electron chi connectivity index (χ1n) is 6.32. The maximum Gasteiger partial charge on any atom is 0.218 e. The summed E-state index contributed by atoms with van der Waals surface area (Å²) in [6.45, 7) is 6.78. The molecule has 0 amide bonds. The Hall–Kier alpha value is -1.69. The molecule has 1 atom stereocenters. The monoisotopic (exact) mass is 278 g/mol. The van der Waals surface area contributed by atoms with Gasteiger partial charge in [-0.2, -0.15) is 0 Å². The lowest BCUT2D eigenvalue weighted by atomic mass is 10.3. The van der Waals surface area contributed by atoms with Crippen molar-refractivity contribution in [3.63, 3.8) is 0 Å². The second-order valence-corrected chi connectivity index (χ2v) is 5.17. The van der Waals surface area contributed by atoms with Crippen LogP contribution in [-0.4, -0.2) is 21.6 Å². The van der Waals surface area contributed by atoms with E-state index in [-0.39, 0.29) is 6.04 Å². The molecule has 2 aromatic heterocycles. The molecule has 2 heterocycles. The molecule has 0 radical (unpaired) electrons. The van der Waals surface area contributed by atoms with Crippen molar-refractivity contribution in [2.45, 2.75) is 33.2 Å². The summed E-state index contributed by atoms with van der Waals surface area (Å²) in [5.74, 6) is 1.35. The van der Waals surface area contributed by atoms with Gasteiger partial charge in [0.1, 0.15) is 17.2 Å². The van der Waals surface area contributed by atoms with Crippen LogP contribution in [0.1, 0.15) is 37.0 Å². The summed E-state index contributed by atoms with van der Waals surface area (Å²) in [6.07, 6.45) is 2.47. The summed E-state index contributed by atoms with van der Waals surface area (Å²) >= 11 is 1.65. The van der Waals surface area contributed by atoms with E-state index < -0.39 is 0 Å². The number of aryl methyl sites for hydroxylation is 1. The number of hydrogen-bond acceptors (Lipinski definition) is 6. The van der Waals surface area contributed by atoms with Crippen LogP contribution in [0, 0.1) is 6.92 Å². The number of nitrogens with one attached hydrogen (secondary N) is 1. The summed E-state index contributed by atoms with van der Waals surface area (Å²) in [4.78, 5) is 12.7. The summed E-state index contributed by atoms with van der Waals surface area (Å²) in [5, 5.41) is 6.40. The second-order valence-electron chi connectivity index (χ2n) is 4.28. The highest BCUT2D eigenvalue weighted by Gasteiger charge is 2.10. The summed E-state index contributed by atoms with van der Waals surface area (Å²) in [5.41, 5.74) is 1.04. The zero-order chi connectivity index (χ0) is 13.7. The minimum absolute atomic E-state index is 0.118. The van der Waals surface area contributed by atoms with Crippen molar-refractivity contribution < 1.29 is 4.74 Å². The number of hydrogen-bond donors (Lipinski definition) is 1. The zero-order valence-corrected chi connectivity index (χ0v) is 12.2. The fourth-order valence-corrected chi connectivity index (χ4v) is 2.36. The van der Waals surface area contributed by atoms with Gasteiger partial charge in [0.2, 0.25) is 5.88 Å². The third-order valence-corrected chi connectivity index (χ3v) is 3.61. The summed E-state index contributed by atoms with van der Waals surface area (Å²) in [6, 6.07) is 1.93. The highest BCUT2D eigenvalue weighted by molar-refractivity contribution is 7.09. The molecule has 1 unspecified atom stereocenters. The Morgan fingerprint density at radius 1 is 1.42 bits per heavy atom. The standard InChI is InChI=1S/C13H18N4OS/c1-4-5-18-12-6-11(14-8-15-12)17-10(3)13-16-9(2)7-19-13/h6-8,10H,4-5H2,1-3H3,(H,14,15,17). The smallest absolute Gasteiger partial charge is 0.218 e. The van der Waals surface area contributed by atoms with Crippen LogP contribution in [0.3, 0.4) is 0 Å². The van der Waals surface area contributed by atoms with Crippen LogP contribution in [0.5, 0.6) is 5.88 Å². The summed E-state index contributed by atoms with van der Waals surface area (Å²) in [7, 11) is 0. The van der Waals surface area contributed by atoms with Gasteiger partial charge in [-0.15, -0.1) is 11.3 Å². The van der Waals surface area contributed by atoms with E-state index in [2.05, 4.69) is 34.1 Å². The van der Waals surface area contributed by atoms with Gasteiger partial charge >= 0.3 is 0 Å². The minimum Gasteiger partial charge on any atom is -0.478 e. The molecular formula is C13H18N4OS. The Kier molecular flexibility index (Phi) is 4.68. The highest BCUT2D eigenvalue weighted by Crippen LogP contribution is 2.22. The predicted octanol–water partition coefficient (Wildman–Crippen LogP) is 3.20. The fraction of sp³-hybridized carbons (Fsp3) is 0.462. The van der Waals surface area contributed by atoms with Crippen LogP contribution >= 0.6 is 11.3 Å². The fourth-order valence-electron chi connectivity index (χ4n) is 1.56. The lowest BCUT2D eigenvalue weighted by Gasteiger charge is -2.12. The Morgan fingerprint density at radius 3 is 2.95 bits per heavy atom.